The van der Waals surface area contributed by atoms with Gasteiger partial charge >= 0.3 is 0 Å². The van der Waals surface area contributed by atoms with Gasteiger partial charge in [0.25, 0.3) is 0 Å². The lowest BCUT2D eigenvalue weighted by atomic mass is 10.0. The van der Waals surface area contributed by atoms with Crippen molar-refractivity contribution in [1.29, 1.82) is 5.41 Å². The molecule has 0 radical (unpaired) electrons. The molecule has 4 N–H and O–H groups in total. The first-order valence-corrected chi connectivity index (χ1v) is 7.57. The van der Waals surface area contributed by atoms with Crippen molar-refractivity contribution < 1.29 is 0 Å². The van der Waals surface area contributed by atoms with Crippen molar-refractivity contribution in [2.45, 2.75) is 20.3 Å². The van der Waals surface area contributed by atoms with Crippen LogP contribution >= 0.6 is 0 Å². The second-order valence-electron chi connectivity index (χ2n) is 5.75. The van der Waals surface area contributed by atoms with Crippen molar-refractivity contribution >= 4 is 11.4 Å². The molecule has 0 amide bonds. The van der Waals surface area contributed by atoms with E-state index in [1.165, 1.54) is 16.7 Å². The van der Waals surface area contributed by atoms with Crippen molar-refractivity contribution in [3.05, 3.63) is 89.3 Å². The highest BCUT2D eigenvalue weighted by atomic mass is 14.9. The van der Waals surface area contributed by atoms with Crippen LogP contribution in [-0.4, -0.2) is 5.71 Å². The Morgan fingerprint density at radius 3 is 2.13 bits per heavy atom. The van der Waals surface area contributed by atoms with E-state index in [0.717, 1.165) is 17.8 Å². The SMILES string of the molecule is C=C(N)C(=N)/C=C(/C)Nc1ccc(Cc2ccc(C)cc2)cc1. The first-order chi connectivity index (χ1) is 10.9. The van der Waals surface area contributed by atoms with Crippen LogP contribution < -0.4 is 11.1 Å². The van der Waals surface area contributed by atoms with E-state index in [1.807, 2.05) is 19.1 Å². The minimum absolute atomic E-state index is 0.228. The Morgan fingerprint density at radius 1 is 1.09 bits per heavy atom. The fraction of sp³-hybridized carbons (Fsp3) is 0.150. The highest BCUT2D eigenvalue weighted by Gasteiger charge is 1.99. The third-order valence-electron chi connectivity index (χ3n) is 3.53. The van der Waals surface area contributed by atoms with Gasteiger partial charge < -0.3 is 11.1 Å². The average Bonchev–Trinajstić information content (AvgIpc) is 2.51. The Balaban J connectivity index is 2.00. The third kappa shape index (κ3) is 5.15. The van der Waals surface area contributed by atoms with Crippen molar-refractivity contribution in [1.82, 2.24) is 0 Å². The van der Waals surface area contributed by atoms with Crippen LogP contribution in [0, 0.1) is 12.3 Å². The Bertz CT molecular complexity index is 722. The van der Waals surface area contributed by atoms with E-state index in [4.69, 9.17) is 11.1 Å². The van der Waals surface area contributed by atoms with Crippen LogP contribution in [0.25, 0.3) is 0 Å². The summed E-state index contributed by atoms with van der Waals surface area (Å²) < 4.78 is 0. The Hall–Kier alpha value is -2.81. The van der Waals surface area contributed by atoms with E-state index < -0.39 is 0 Å². The number of hydrogen-bond donors (Lipinski definition) is 3. The second-order valence-corrected chi connectivity index (χ2v) is 5.75. The normalized spacial score (nSPS) is 11.1. The number of rotatable bonds is 6. The topological polar surface area (TPSA) is 61.9 Å². The maximum absolute atomic E-state index is 7.67. The van der Waals surface area contributed by atoms with Gasteiger partial charge in [0.05, 0.1) is 5.71 Å². The number of aryl methyl sites for hydroxylation is 1. The zero-order valence-electron chi connectivity index (χ0n) is 13.7. The van der Waals surface area contributed by atoms with Gasteiger partial charge in [-0.25, -0.2) is 0 Å². The largest absolute Gasteiger partial charge is 0.397 e. The average molecular weight is 305 g/mol. The number of nitrogens with one attached hydrogen (secondary N) is 2. The van der Waals surface area contributed by atoms with Crippen LogP contribution in [0.5, 0.6) is 0 Å². The van der Waals surface area contributed by atoms with Crippen molar-refractivity contribution in [2.75, 3.05) is 5.32 Å². The molecule has 2 rings (SSSR count). The van der Waals surface area contributed by atoms with Gasteiger partial charge in [-0.1, -0.05) is 48.5 Å². The van der Waals surface area contributed by atoms with Crippen LogP contribution in [-0.2, 0) is 6.42 Å². The van der Waals surface area contributed by atoms with E-state index >= 15 is 0 Å². The molecule has 0 aliphatic carbocycles. The van der Waals surface area contributed by atoms with Gasteiger partial charge in [0.1, 0.15) is 0 Å². The predicted octanol–water partition coefficient (Wildman–Crippen LogP) is 4.39. The molecule has 0 bridgehead atoms. The smallest absolute Gasteiger partial charge is 0.0780 e. The van der Waals surface area contributed by atoms with Crippen molar-refractivity contribution in [2.24, 2.45) is 5.73 Å². The van der Waals surface area contributed by atoms with Gasteiger partial charge in [-0.3, -0.25) is 5.41 Å². The molecule has 2 aromatic carbocycles. The molecule has 3 heteroatoms. The summed E-state index contributed by atoms with van der Waals surface area (Å²) in [4.78, 5) is 0. The molecule has 0 aliphatic heterocycles. The number of anilines is 1. The Morgan fingerprint density at radius 2 is 1.61 bits per heavy atom. The first-order valence-electron chi connectivity index (χ1n) is 7.57. The van der Waals surface area contributed by atoms with Crippen LogP contribution in [0.2, 0.25) is 0 Å². The summed E-state index contributed by atoms with van der Waals surface area (Å²) in [6.45, 7) is 7.55. The Labute approximate surface area is 138 Å². The van der Waals surface area contributed by atoms with Crippen LogP contribution in [0.15, 0.2) is 72.6 Å². The molecule has 0 fully saturated rings. The zero-order chi connectivity index (χ0) is 16.8. The summed E-state index contributed by atoms with van der Waals surface area (Å²) in [5, 5.41) is 10.9. The zero-order valence-corrected chi connectivity index (χ0v) is 13.7. The molecule has 0 aliphatic rings. The molecule has 0 unspecified atom stereocenters. The lowest BCUT2D eigenvalue weighted by Crippen LogP contribution is -2.08. The second kappa shape index (κ2) is 7.45. The molecular formula is C20H23N3. The van der Waals surface area contributed by atoms with Gasteiger partial charge in [0.15, 0.2) is 0 Å². The number of hydrogen-bond acceptors (Lipinski definition) is 3. The summed E-state index contributed by atoms with van der Waals surface area (Å²) in [6, 6.07) is 16.9. The molecule has 0 heterocycles. The van der Waals surface area contributed by atoms with Crippen LogP contribution in [0.3, 0.4) is 0 Å². The molecule has 2 aromatic rings. The Kier molecular flexibility index (Phi) is 5.36. The molecule has 0 aromatic heterocycles. The number of benzene rings is 2. The maximum atomic E-state index is 7.67. The van der Waals surface area contributed by atoms with Gasteiger partial charge in [-0.2, -0.15) is 0 Å². The summed E-state index contributed by atoms with van der Waals surface area (Å²) in [5.74, 6) is 0. The number of nitrogens with two attached hydrogens (primary N) is 1. The predicted molar refractivity (Wildman–Crippen MR) is 98.9 cm³/mol. The lowest BCUT2D eigenvalue weighted by molar-refractivity contribution is 1.18. The van der Waals surface area contributed by atoms with E-state index in [-0.39, 0.29) is 11.4 Å². The van der Waals surface area contributed by atoms with Crippen LogP contribution in [0.1, 0.15) is 23.6 Å². The molecule has 23 heavy (non-hydrogen) atoms. The molecule has 118 valence electrons. The molecule has 0 atom stereocenters. The fourth-order valence-corrected chi connectivity index (χ4v) is 2.22. The summed E-state index contributed by atoms with van der Waals surface area (Å²) in [7, 11) is 0. The van der Waals surface area contributed by atoms with E-state index in [1.54, 1.807) is 6.08 Å². The molecule has 0 spiro atoms. The highest BCUT2D eigenvalue weighted by Crippen LogP contribution is 2.15. The first kappa shape index (κ1) is 16.6. The standard InChI is InChI=1S/C20H23N3/c1-14-4-6-17(7-5-14)13-18-8-10-19(11-9-18)23-15(2)12-20(22)16(3)21/h4-12,22-23H,3,13,21H2,1-2H3/b15-12-,22-20?. The molecule has 0 saturated heterocycles. The quantitative estimate of drug-likeness (QED) is 0.693. The van der Waals surface area contributed by atoms with Crippen molar-refractivity contribution in [3.8, 4) is 0 Å². The van der Waals surface area contributed by atoms with Gasteiger partial charge in [-0.05, 0) is 49.6 Å². The monoisotopic (exact) mass is 305 g/mol. The summed E-state index contributed by atoms with van der Waals surface area (Å²) in [6.07, 6.45) is 2.59. The van der Waals surface area contributed by atoms with Gasteiger partial charge in [-0.15, -0.1) is 0 Å². The summed E-state index contributed by atoms with van der Waals surface area (Å²) in [5.41, 5.74) is 11.7. The van der Waals surface area contributed by atoms with E-state index in [2.05, 4.69) is 55.2 Å². The molecule has 3 nitrogen and oxygen atoms in total. The third-order valence-corrected chi connectivity index (χ3v) is 3.53. The lowest BCUT2D eigenvalue weighted by Gasteiger charge is -2.09. The molecule has 0 saturated carbocycles. The van der Waals surface area contributed by atoms with Crippen LogP contribution in [0.4, 0.5) is 5.69 Å². The van der Waals surface area contributed by atoms with E-state index in [0.29, 0.717) is 0 Å². The fourth-order valence-electron chi connectivity index (χ4n) is 2.22. The van der Waals surface area contributed by atoms with E-state index in [9.17, 15) is 0 Å². The maximum Gasteiger partial charge on any atom is 0.0780 e. The summed E-state index contributed by atoms with van der Waals surface area (Å²) >= 11 is 0. The van der Waals surface area contributed by atoms with Gasteiger partial charge in [0, 0.05) is 17.1 Å². The van der Waals surface area contributed by atoms with Gasteiger partial charge in [0.2, 0.25) is 0 Å². The number of allylic oxidation sites excluding steroid dienone is 2. The van der Waals surface area contributed by atoms with Crippen molar-refractivity contribution in [3.63, 3.8) is 0 Å². The minimum atomic E-state index is 0.228. The highest BCUT2D eigenvalue weighted by molar-refractivity contribution is 6.05. The molecular weight excluding hydrogens is 282 g/mol. The minimum Gasteiger partial charge on any atom is -0.397 e.